The van der Waals surface area contributed by atoms with E-state index in [1.807, 2.05) is 0 Å². The van der Waals surface area contributed by atoms with E-state index >= 15 is 0 Å². The van der Waals surface area contributed by atoms with Crippen LogP contribution in [-0.2, 0) is 4.79 Å². The minimum Gasteiger partial charge on any atom is -0.353 e. The maximum Gasteiger partial charge on any atom is 0.251 e. The molecule has 1 amide bonds. The number of likely N-dealkylation sites (N-methyl/N-ethyl adjacent to an activating group) is 1. The molecule has 3 rings (SSSR count). The van der Waals surface area contributed by atoms with E-state index in [-0.39, 0.29) is 5.91 Å². The lowest BCUT2D eigenvalue weighted by Gasteiger charge is -2.45. The summed E-state index contributed by atoms with van der Waals surface area (Å²) < 4.78 is 27.5. The van der Waals surface area contributed by atoms with E-state index in [0.29, 0.717) is 37.6 Å². The standard InChI is InChI=1S/C13H15F2N3O/c1-2-17-10-6-8(14)5-9(15)12(10)18-4-3-16-7-11(18)13(17)19/h5-6,11,16H,2-4,7H2,1H3. The summed E-state index contributed by atoms with van der Waals surface area (Å²) in [5.41, 5.74) is 0.678. The van der Waals surface area contributed by atoms with E-state index in [1.165, 1.54) is 11.0 Å². The molecule has 0 bridgehead atoms. The highest BCUT2D eigenvalue weighted by Crippen LogP contribution is 2.39. The van der Waals surface area contributed by atoms with Crippen LogP contribution in [0.25, 0.3) is 0 Å². The molecular weight excluding hydrogens is 252 g/mol. The van der Waals surface area contributed by atoms with Crippen LogP contribution < -0.4 is 15.1 Å². The average molecular weight is 267 g/mol. The second-order valence-electron chi connectivity index (χ2n) is 4.75. The van der Waals surface area contributed by atoms with Gasteiger partial charge in [0.05, 0.1) is 11.4 Å². The fourth-order valence-electron chi connectivity index (χ4n) is 2.86. The van der Waals surface area contributed by atoms with Crippen molar-refractivity contribution in [3.05, 3.63) is 23.8 Å². The summed E-state index contributed by atoms with van der Waals surface area (Å²) in [6.45, 7) is 3.93. The van der Waals surface area contributed by atoms with Gasteiger partial charge in [0.1, 0.15) is 11.9 Å². The van der Waals surface area contributed by atoms with Crippen molar-refractivity contribution in [2.24, 2.45) is 0 Å². The number of rotatable bonds is 1. The predicted molar refractivity (Wildman–Crippen MR) is 68.4 cm³/mol. The largest absolute Gasteiger partial charge is 0.353 e. The molecule has 0 radical (unpaired) electrons. The quantitative estimate of drug-likeness (QED) is 0.828. The van der Waals surface area contributed by atoms with Crippen molar-refractivity contribution in [1.82, 2.24) is 5.32 Å². The summed E-state index contributed by atoms with van der Waals surface area (Å²) in [4.78, 5) is 15.6. The highest BCUT2D eigenvalue weighted by molar-refractivity contribution is 6.05. The second kappa shape index (κ2) is 4.45. The van der Waals surface area contributed by atoms with Gasteiger partial charge in [-0.3, -0.25) is 4.79 Å². The van der Waals surface area contributed by atoms with Gasteiger partial charge in [0.25, 0.3) is 5.91 Å². The first-order valence-corrected chi connectivity index (χ1v) is 6.41. The number of amides is 1. The van der Waals surface area contributed by atoms with Crippen molar-refractivity contribution in [3.8, 4) is 0 Å². The molecule has 6 heteroatoms. The molecule has 1 unspecified atom stereocenters. The van der Waals surface area contributed by atoms with Crippen molar-refractivity contribution >= 4 is 17.3 Å². The zero-order valence-corrected chi connectivity index (χ0v) is 10.6. The number of hydrogen-bond donors (Lipinski definition) is 1. The number of hydrogen-bond acceptors (Lipinski definition) is 3. The molecule has 1 aromatic carbocycles. The Kier molecular flexibility index (Phi) is 2.89. The van der Waals surface area contributed by atoms with Crippen molar-refractivity contribution in [1.29, 1.82) is 0 Å². The maximum atomic E-state index is 14.1. The molecule has 0 aromatic heterocycles. The van der Waals surface area contributed by atoms with Crippen LogP contribution >= 0.6 is 0 Å². The van der Waals surface area contributed by atoms with Crippen molar-refractivity contribution in [2.45, 2.75) is 13.0 Å². The summed E-state index contributed by atoms with van der Waals surface area (Å²) in [7, 11) is 0. The minimum atomic E-state index is -0.656. The molecule has 2 heterocycles. The molecule has 19 heavy (non-hydrogen) atoms. The molecule has 0 saturated carbocycles. The van der Waals surface area contributed by atoms with Gasteiger partial charge in [0, 0.05) is 32.2 Å². The molecule has 1 atom stereocenters. The topological polar surface area (TPSA) is 35.6 Å². The lowest BCUT2D eigenvalue weighted by atomic mass is 10.0. The Hall–Kier alpha value is -1.69. The summed E-state index contributed by atoms with van der Waals surface area (Å²) >= 11 is 0. The Morgan fingerprint density at radius 1 is 1.42 bits per heavy atom. The Labute approximate surface area is 110 Å². The number of piperazine rings is 1. The SMILES string of the molecule is CCN1C(=O)C2CNCCN2c2c(F)cc(F)cc21. The number of anilines is 2. The number of carbonyl (C=O) groups is 1. The smallest absolute Gasteiger partial charge is 0.251 e. The number of nitrogens with zero attached hydrogens (tertiary/aromatic N) is 2. The number of halogens is 2. The van der Waals surface area contributed by atoms with Crippen LogP contribution in [0.3, 0.4) is 0 Å². The van der Waals surface area contributed by atoms with E-state index in [1.54, 1.807) is 11.8 Å². The van der Waals surface area contributed by atoms with E-state index in [9.17, 15) is 13.6 Å². The van der Waals surface area contributed by atoms with E-state index in [4.69, 9.17) is 0 Å². The van der Waals surface area contributed by atoms with Crippen LogP contribution in [-0.4, -0.2) is 38.1 Å². The third kappa shape index (κ3) is 1.78. The molecule has 1 saturated heterocycles. The Morgan fingerprint density at radius 3 is 2.95 bits per heavy atom. The van der Waals surface area contributed by atoms with Gasteiger partial charge in [-0.25, -0.2) is 8.78 Å². The van der Waals surface area contributed by atoms with Gasteiger partial charge in [-0.1, -0.05) is 0 Å². The summed E-state index contributed by atoms with van der Waals surface area (Å²) in [6, 6.07) is 1.71. The molecule has 1 N–H and O–H groups in total. The van der Waals surface area contributed by atoms with Gasteiger partial charge < -0.3 is 15.1 Å². The Morgan fingerprint density at radius 2 is 2.21 bits per heavy atom. The van der Waals surface area contributed by atoms with E-state index in [0.717, 1.165) is 6.07 Å². The van der Waals surface area contributed by atoms with Gasteiger partial charge in [-0.05, 0) is 13.0 Å². The van der Waals surface area contributed by atoms with Gasteiger partial charge >= 0.3 is 0 Å². The molecule has 1 fully saturated rings. The number of nitrogens with one attached hydrogen (secondary N) is 1. The first-order chi connectivity index (χ1) is 9.13. The van der Waals surface area contributed by atoms with Gasteiger partial charge in [-0.2, -0.15) is 0 Å². The van der Waals surface area contributed by atoms with Crippen LogP contribution in [0.15, 0.2) is 12.1 Å². The summed E-state index contributed by atoms with van der Waals surface area (Å²) in [5, 5.41) is 3.13. The second-order valence-corrected chi connectivity index (χ2v) is 4.75. The molecule has 2 aliphatic heterocycles. The fraction of sp³-hybridized carbons (Fsp3) is 0.462. The van der Waals surface area contributed by atoms with Crippen LogP contribution in [0.1, 0.15) is 6.92 Å². The molecule has 1 aromatic rings. The highest BCUT2D eigenvalue weighted by Gasteiger charge is 2.40. The predicted octanol–water partition coefficient (Wildman–Crippen LogP) is 1.11. The Bertz CT molecular complexity index is 535. The van der Waals surface area contributed by atoms with Gasteiger partial charge in [0.2, 0.25) is 0 Å². The summed E-state index contributed by atoms with van der Waals surface area (Å²) in [5.74, 6) is -1.36. The molecule has 2 aliphatic rings. The summed E-state index contributed by atoms with van der Waals surface area (Å²) in [6.07, 6.45) is 0. The normalized spacial score (nSPS) is 22.3. The van der Waals surface area contributed by atoms with Crippen LogP contribution in [0.4, 0.5) is 20.2 Å². The van der Waals surface area contributed by atoms with Crippen LogP contribution in [0, 0.1) is 11.6 Å². The molecule has 0 spiro atoms. The lowest BCUT2D eigenvalue weighted by Crippen LogP contribution is -2.62. The molecular formula is C13H15F2N3O. The van der Waals surface area contributed by atoms with E-state index < -0.39 is 17.7 Å². The van der Waals surface area contributed by atoms with E-state index in [2.05, 4.69) is 5.32 Å². The van der Waals surface area contributed by atoms with Crippen LogP contribution in [0.5, 0.6) is 0 Å². The van der Waals surface area contributed by atoms with Crippen molar-refractivity contribution in [3.63, 3.8) is 0 Å². The fourth-order valence-corrected chi connectivity index (χ4v) is 2.86. The van der Waals surface area contributed by atoms with Crippen molar-refractivity contribution in [2.75, 3.05) is 36.0 Å². The third-order valence-corrected chi connectivity index (χ3v) is 3.70. The average Bonchev–Trinajstić information content (AvgIpc) is 2.38. The minimum absolute atomic E-state index is 0.104. The monoisotopic (exact) mass is 267 g/mol. The number of carbonyl (C=O) groups excluding carboxylic acids is 1. The van der Waals surface area contributed by atoms with Crippen LogP contribution in [0.2, 0.25) is 0 Å². The first-order valence-electron chi connectivity index (χ1n) is 6.41. The van der Waals surface area contributed by atoms with Gasteiger partial charge in [0.15, 0.2) is 5.82 Å². The zero-order chi connectivity index (χ0) is 13.6. The molecule has 0 aliphatic carbocycles. The lowest BCUT2D eigenvalue weighted by molar-refractivity contribution is -0.120. The zero-order valence-electron chi connectivity index (χ0n) is 10.6. The number of benzene rings is 1. The third-order valence-electron chi connectivity index (χ3n) is 3.70. The first kappa shape index (κ1) is 12.3. The molecule has 4 nitrogen and oxygen atoms in total. The van der Waals surface area contributed by atoms with Gasteiger partial charge in [-0.15, -0.1) is 0 Å². The molecule has 102 valence electrons. The highest BCUT2D eigenvalue weighted by atomic mass is 19.1. The number of fused-ring (bicyclic) bond motifs is 3. The van der Waals surface area contributed by atoms with Crippen molar-refractivity contribution < 1.29 is 13.6 Å². The maximum absolute atomic E-state index is 14.1. The Balaban J connectivity index is 2.19.